The van der Waals surface area contributed by atoms with Gasteiger partial charge in [0, 0.05) is 6.04 Å². The summed E-state index contributed by atoms with van der Waals surface area (Å²) in [7, 11) is -1.86. The van der Waals surface area contributed by atoms with Crippen molar-refractivity contribution in [2.75, 3.05) is 25.2 Å². The van der Waals surface area contributed by atoms with Crippen LogP contribution in [0.2, 0.25) is 0 Å². The molecule has 124 valence electrons. The fraction of sp³-hybridized carbons (Fsp3) is 0.933. The Morgan fingerprint density at radius 3 is 2.29 bits per heavy atom. The van der Waals surface area contributed by atoms with E-state index in [1.165, 1.54) is 7.11 Å². The lowest BCUT2D eigenvalue weighted by atomic mass is 9.88. The van der Waals surface area contributed by atoms with Crippen LogP contribution in [0.5, 0.6) is 0 Å². The first kappa shape index (κ1) is 18.4. The van der Waals surface area contributed by atoms with Crippen LogP contribution in [0, 0.1) is 10.8 Å². The Bertz CT molecular complexity index is 461. The maximum absolute atomic E-state index is 12.5. The molecule has 1 atom stereocenters. The highest BCUT2D eigenvalue weighted by Gasteiger charge is 2.48. The molecule has 0 radical (unpaired) electrons. The van der Waals surface area contributed by atoms with Gasteiger partial charge in [-0.2, -0.15) is 0 Å². The second-order valence-electron chi connectivity index (χ2n) is 7.28. The van der Waals surface area contributed by atoms with Crippen molar-refractivity contribution in [1.82, 2.24) is 5.32 Å². The van der Waals surface area contributed by atoms with Gasteiger partial charge in [-0.25, -0.2) is 8.42 Å². The van der Waals surface area contributed by atoms with Gasteiger partial charge in [-0.1, -0.05) is 27.7 Å². The van der Waals surface area contributed by atoms with Gasteiger partial charge in [0.25, 0.3) is 0 Å². The minimum Gasteiger partial charge on any atom is -0.469 e. The molecule has 1 saturated carbocycles. The minimum atomic E-state index is -3.21. The Hall–Kier alpha value is -0.620. The van der Waals surface area contributed by atoms with Crippen LogP contribution in [-0.2, 0) is 19.4 Å². The summed E-state index contributed by atoms with van der Waals surface area (Å²) < 4.78 is 29.7. The molecule has 21 heavy (non-hydrogen) atoms. The molecule has 1 aliphatic carbocycles. The minimum absolute atomic E-state index is 0.0820. The van der Waals surface area contributed by atoms with Crippen molar-refractivity contribution < 1.29 is 17.9 Å². The third-order valence-corrected chi connectivity index (χ3v) is 6.04. The molecule has 1 rings (SSSR count). The maximum atomic E-state index is 12.5. The number of sulfone groups is 1. The zero-order valence-electron chi connectivity index (χ0n) is 13.9. The maximum Gasteiger partial charge on any atom is 0.306 e. The van der Waals surface area contributed by atoms with Gasteiger partial charge in [0.05, 0.1) is 25.0 Å². The van der Waals surface area contributed by atoms with E-state index in [0.29, 0.717) is 0 Å². The zero-order valence-corrected chi connectivity index (χ0v) is 14.7. The van der Waals surface area contributed by atoms with Crippen molar-refractivity contribution in [2.24, 2.45) is 10.8 Å². The summed E-state index contributed by atoms with van der Waals surface area (Å²) in [6, 6.07) is -0.0820. The molecule has 0 aromatic heterocycles. The molecule has 1 N–H and O–H groups in total. The Balaban J connectivity index is 2.71. The highest BCUT2D eigenvalue weighted by molar-refractivity contribution is 7.91. The Kier molecular flexibility index (Phi) is 5.83. The highest BCUT2D eigenvalue weighted by Crippen LogP contribution is 2.50. The molecule has 0 aromatic carbocycles. The first-order chi connectivity index (χ1) is 9.53. The van der Waals surface area contributed by atoms with Crippen molar-refractivity contribution in [3.8, 4) is 0 Å². The van der Waals surface area contributed by atoms with Crippen molar-refractivity contribution in [2.45, 2.75) is 53.0 Å². The molecule has 0 aromatic rings. The van der Waals surface area contributed by atoms with Crippen molar-refractivity contribution in [3.05, 3.63) is 0 Å². The average Bonchev–Trinajstić information content (AvgIpc) is 3.05. The number of carbonyl (C=O) groups excluding carboxylic acids is 1. The van der Waals surface area contributed by atoms with E-state index < -0.39 is 9.84 Å². The van der Waals surface area contributed by atoms with E-state index in [4.69, 9.17) is 0 Å². The summed E-state index contributed by atoms with van der Waals surface area (Å²) >= 11 is 0. The van der Waals surface area contributed by atoms with Crippen LogP contribution in [0.25, 0.3) is 0 Å². The van der Waals surface area contributed by atoms with Gasteiger partial charge in [-0.3, -0.25) is 4.79 Å². The smallest absolute Gasteiger partial charge is 0.306 e. The third-order valence-electron chi connectivity index (χ3n) is 4.15. The third kappa shape index (κ3) is 5.94. The number of ether oxygens (including phenoxy) is 1. The van der Waals surface area contributed by atoms with Gasteiger partial charge in [0.1, 0.15) is 0 Å². The summed E-state index contributed by atoms with van der Waals surface area (Å²) in [5.74, 6) is -0.109. The van der Waals surface area contributed by atoms with Crippen molar-refractivity contribution >= 4 is 15.8 Å². The van der Waals surface area contributed by atoms with Gasteiger partial charge < -0.3 is 10.1 Å². The molecule has 0 heterocycles. The molecule has 6 heteroatoms. The van der Waals surface area contributed by atoms with E-state index in [1.54, 1.807) is 0 Å². The van der Waals surface area contributed by atoms with Gasteiger partial charge in [-0.05, 0) is 30.2 Å². The lowest BCUT2D eigenvalue weighted by Crippen LogP contribution is -2.46. The van der Waals surface area contributed by atoms with Crippen LogP contribution in [0.15, 0.2) is 0 Å². The first-order valence-corrected chi connectivity index (χ1v) is 9.36. The van der Waals surface area contributed by atoms with Crippen LogP contribution < -0.4 is 5.32 Å². The van der Waals surface area contributed by atoms with Gasteiger partial charge >= 0.3 is 5.97 Å². The summed E-state index contributed by atoms with van der Waals surface area (Å²) in [5.41, 5.74) is -0.497. The highest BCUT2D eigenvalue weighted by atomic mass is 32.2. The second-order valence-corrected chi connectivity index (χ2v) is 9.39. The Labute approximate surface area is 128 Å². The summed E-state index contributed by atoms with van der Waals surface area (Å²) in [6.07, 6.45) is 1.80. The molecular weight excluding hydrogens is 290 g/mol. The molecule has 0 aliphatic heterocycles. The Morgan fingerprint density at radius 2 is 1.90 bits per heavy atom. The largest absolute Gasteiger partial charge is 0.469 e. The lowest BCUT2D eigenvalue weighted by Gasteiger charge is -2.31. The SMILES string of the molecule is CCNC(CS(=O)(=O)CC1(CC(=O)OC)CC1)C(C)(C)C. The molecule has 1 fully saturated rings. The lowest BCUT2D eigenvalue weighted by molar-refractivity contribution is -0.141. The number of methoxy groups -OCH3 is 1. The van der Waals surface area contributed by atoms with E-state index in [0.717, 1.165) is 19.4 Å². The molecule has 1 unspecified atom stereocenters. The van der Waals surface area contributed by atoms with Crippen molar-refractivity contribution in [1.29, 1.82) is 0 Å². The van der Waals surface area contributed by atoms with E-state index >= 15 is 0 Å². The van der Waals surface area contributed by atoms with Crippen LogP contribution in [0.3, 0.4) is 0 Å². The van der Waals surface area contributed by atoms with Crippen molar-refractivity contribution in [3.63, 3.8) is 0 Å². The zero-order chi connectivity index (χ0) is 16.3. The van der Waals surface area contributed by atoms with Crippen LogP contribution >= 0.6 is 0 Å². The fourth-order valence-corrected chi connectivity index (χ4v) is 5.14. The van der Waals surface area contributed by atoms with Gasteiger partial charge in [0.2, 0.25) is 0 Å². The molecule has 0 bridgehead atoms. The van der Waals surface area contributed by atoms with Crippen LogP contribution in [-0.4, -0.2) is 45.6 Å². The fourth-order valence-electron chi connectivity index (χ4n) is 2.57. The summed E-state index contributed by atoms with van der Waals surface area (Å²) in [6.45, 7) is 8.83. The number of rotatable bonds is 8. The average molecular weight is 319 g/mol. The van der Waals surface area contributed by atoms with E-state index in [-0.39, 0.29) is 40.8 Å². The molecule has 1 aliphatic rings. The van der Waals surface area contributed by atoms with E-state index in [1.807, 2.05) is 27.7 Å². The summed E-state index contributed by atoms with van der Waals surface area (Å²) in [4.78, 5) is 11.4. The van der Waals surface area contributed by atoms with E-state index in [2.05, 4.69) is 10.1 Å². The standard InChI is InChI=1S/C15H29NO4S/c1-6-16-12(14(2,3)4)10-21(18,19)11-15(7-8-15)9-13(17)20-5/h12,16H,6-11H2,1-5H3. The molecule has 0 spiro atoms. The number of esters is 1. The van der Waals surface area contributed by atoms with E-state index in [9.17, 15) is 13.2 Å². The van der Waals surface area contributed by atoms with Crippen LogP contribution in [0.1, 0.15) is 47.0 Å². The van der Waals surface area contributed by atoms with Crippen LogP contribution in [0.4, 0.5) is 0 Å². The topological polar surface area (TPSA) is 72.5 Å². The second kappa shape index (κ2) is 6.65. The molecular formula is C15H29NO4S. The predicted octanol–water partition coefficient (Wildman–Crippen LogP) is 1.77. The number of hydrogen-bond acceptors (Lipinski definition) is 5. The summed E-state index contributed by atoms with van der Waals surface area (Å²) in [5, 5.41) is 3.27. The van der Waals surface area contributed by atoms with Gasteiger partial charge in [-0.15, -0.1) is 0 Å². The Morgan fingerprint density at radius 1 is 1.33 bits per heavy atom. The number of carbonyl (C=O) groups is 1. The quantitative estimate of drug-likeness (QED) is 0.690. The molecule has 5 nitrogen and oxygen atoms in total. The normalized spacial score (nSPS) is 19.1. The predicted molar refractivity (Wildman–Crippen MR) is 83.9 cm³/mol. The molecule has 0 amide bonds. The van der Waals surface area contributed by atoms with Gasteiger partial charge in [0.15, 0.2) is 9.84 Å². The number of nitrogens with one attached hydrogen (secondary N) is 1. The number of hydrogen-bond donors (Lipinski definition) is 1. The molecule has 0 saturated heterocycles. The first-order valence-electron chi connectivity index (χ1n) is 7.54. The monoisotopic (exact) mass is 319 g/mol.